The summed E-state index contributed by atoms with van der Waals surface area (Å²) in [5.41, 5.74) is 6.43. The van der Waals surface area contributed by atoms with Gasteiger partial charge in [0.15, 0.2) is 0 Å². The topological polar surface area (TPSA) is 81.3 Å². The second-order valence-corrected chi connectivity index (χ2v) is 4.97. The highest BCUT2D eigenvalue weighted by Crippen LogP contribution is 2.21. The summed E-state index contributed by atoms with van der Waals surface area (Å²) in [6, 6.07) is 7.13. The van der Waals surface area contributed by atoms with Crippen molar-refractivity contribution >= 4 is 5.91 Å². The standard InChI is InChI=1S/C15H16N4O2/c16-12-4-7-19(10-12)15(20)11-2-1-3-13(8-11)21-14-9-17-5-6-18-14/h1-3,5-6,8-9,12H,4,7,10,16H2/t12-/m0/s1. The lowest BCUT2D eigenvalue weighted by molar-refractivity contribution is 0.0790. The molecule has 2 N–H and O–H groups in total. The van der Waals surface area contributed by atoms with Crippen LogP contribution in [-0.4, -0.2) is 39.9 Å². The molecule has 0 radical (unpaired) electrons. The van der Waals surface area contributed by atoms with Crippen LogP contribution >= 0.6 is 0 Å². The molecule has 3 rings (SSSR count). The van der Waals surface area contributed by atoms with Crippen molar-refractivity contribution in [3.8, 4) is 11.6 Å². The fraction of sp³-hybridized carbons (Fsp3) is 0.267. The van der Waals surface area contributed by atoms with Crippen molar-refractivity contribution in [2.45, 2.75) is 12.5 Å². The van der Waals surface area contributed by atoms with Crippen LogP contribution in [0.25, 0.3) is 0 Å². The molecule has 6 nitrogen and oxygen atoms in total. The van der Waals surface area contributed by atoms with Gasteiger partial charge in [0.1, 0.15) is 5.75 Å². The smallest absolute Gasteiger partial charge is 0.254 e. The van der Waals surface area contributed by atoms with E-state index < -0.39 is 0 Å². The number of rotatable bonds is 3. The summed E-state index contributed by atoms with van der Waals surface area (Å²) < 4.78 is 5.58. The van der Waals surface area contributed by atoms with E-state index in [9.17, 15) is 4.79 Å². The van der Waals surface area contributed by atoms with Gasteiger partial charge in [0.2, 0.25) is 5.88 Å². The Balaban J connectivity index is 1.75. The Bertz CT molecular complexity index is 633. The minimum atomic E-state index is -0.0208. The SMILES string of the molecule is N[C@H]1CCN(C(=O)c2cccc(Oc3cnccn3)c2)C1. The second kappa shape index (κ2) is 5.88. The summed E-state index contributed by atoms with van der Waals surface area (Å²) in [5, 5.41) is 0. The van der Waals surface area contributed by atoms with Crippen LogP contribution < -0.4 is 10.5 Å². The maximum absolute atomic E-state index is 12.4. The lowest BCUT2D eigenvalue weighted by atomic mass is 10.2. The number of hydrogen-bond acceptors (Lipinski definition) is 5. The highest BCUT2D eigenvalue weighted by Gasteiger charge is 2.24. The van der Waals surface area contributed by atoms with E-state index in [1.165, 1.54) is 6.20 Å². The molecule has 1 aromatic carbocycles. The third kappa shape index (κ3) is 3.17. The third-order valence-electron chi connectivity index (χ3n) is 3.35. The van der Waals surface area contributed by atoms with Crippen LogP contribution in [0.2, 0.25) is 0 Å². The first-order valence-electron chi connectivity index (χ1n) is 6.81. The molecule has 2 aromatic rings. The number of carbonyl (C=O) groups is 1. The minimum absolute atomic E-state index is 0.0208. The normalized spacial score (nSPS) is 17.8. The van der Waals surface area contributed by atoms with E-state index in [-0.39, 0.29) is 11.9 Å². The Morgan fingerprint density at radius 3 is 3.00 bits per heavy atom. The van der Waals surface area contributed by atoms with E-state index in [1.54, 1.807) is 41.6 Å². The van der Waals surface area contributed by atoms with Gasteiger partial charge in [-0.15, -0.1) is 0 Å². The number of likely N-dealkylation sites (tertiary alicyclic amines) is 1. The second-order valence-electron chi connectivity index (χ2n) is 4.97. The van der Waals surface area contributed by atoms with Crippen molar-refractivity contribution in [1.29, 1.82) is 0 Å². The predicted molar refractivity (Wildman–Crippen MR) is 77.0 cm³/mol. The number of hydrogen-bond donors (Lipinski definition) is 1. The molecule has 0 bridgehead atoms. The van der Waals surface area contributed by atoms with Crippen molar-refractivity contribution in [3.63, 3.8) is 0 Å². The summed E-state index contributed by atoms with van der Waals surface area (Å²) in [7, 11) is 0. The molecule has 21 heavy (non-hydrogen) atoms. The Morgan fingerprint density at radius 2 is 2.29 bits per heavy atom. The number of carbonyl (C=O) groups excluding carboxylic acids is 1. The van der Waals surface area contributed by atoms with Crippen LogP contribution in [0.15, 0.2) is 42.9 Å². The molecule has 2 heterocycles. The Labute approximate surface area is 122 Å². The number of benzene rings is 1. The Morgan fingerprint density at radius 1 is 1.38 bits per heavy atom. The monoisotopic (exact) mass is 284 g/mol. The van der Waals surface area contributed by atoms with E-state index in [2.05, 4.69) is 9.97 Å². The van der Waals surface area contributed by atoms with Crippen molar-refractivity contribution in [2.24, 2.45) is 5.73 Å². The number of amides is 1. The van der Waals surface area contributed by atoms with Crippen molar-refractivity contribution in [2.75, 3.05) is 13.1 Å². The summed E-state index contributed by atoms with van der Waals surface area (Å²) >= 11 is 0. The predicted octanol–water partition coefficient (Wildman–Crippen LogP) is 1.44. The molecular weight excluding hydrogens is 268 g/mol. The van der Waals surface area contributed by atoms with Crippen molar-refractivity contribution < 1.29 is 9.53 Å². The highest BCUT2D eigenvalue weighted by atomic mass is 16.5. The fourth-order valence-corrected chi connectivity index (χ4v) is 2.31. The van der Waals surface area contributed by atoms with Crippen LogP contribution in [0.5, 0.6) is 11.6 Å². The zero-order valence-corrected chi connectivity index (χ0v) is 11.5. The van der Waals surface area contributed by atoms with Gasteiger partial charge in [0.05, 0.1) is 6.20 Å². The summed E-state index contributed by atoms with van der Waals surface area (Å²) in [4.78, 5) is 22.1. The first-order valence-corrected chi connectivity index (χ1v) is 6.81. The van der Waals surface area contributed by atoms with Gasteiger partial charge >= 0.3 is 0 Å². The van der Waals surface area contributed by atoms with E-state index in [4.69, 9.17) is 10.5 Å². The zero-order valence-electron chi connectivity index (χ0n) is 11.5. The zero-order chi connectivity index (χ0) is 14.7. The maximum Gasteiger partial charge on any atom is 0.254 e. The van der Waals surface area contributed by atoms with E-state index in [1.807, 2.05) is 0 Å². The highest BCUT2D eigenvalue weighted by molar-refractivity contribution is 5.94. The lowest BCUT2D eigenvalue weighted by Gasteiger charge is -2.16. The van der Waals surface area contributed by atoms with E-state index in [0.29, 0.717) is 30.3 Å². The van der Waals surface area contributed by atoms with Gasteiger partial charge < -0.3 is 15.4 Å². The molecule has 1 saturated heterocycles. The van der Waals surface area contributed by atoms with Crippen LogP contribution in [0.3, 0.4) is 0 Å². The number of ether oxygens (including phenoxy) is 1. The molecule has 0 saturated carbocycles. The quantitative estimate of drug-likeness (QED) is 0.922. The molecular formula is C15H16N4O2. The molecule has 1 aromatic heterocycles. The van der Waals surface area contributed by atoms with Crippen molar-refractivity contribution in [1.82, 2.24) is 14.9 Å². The molecule has 6 heteroatoms. The van der Waals surface area contributed by atoms with Gasteiger partial charge in [0, 0.05) is 37.1 Å². The molecule has 0 spiro atoms. The number of nitrogens with zero attached hydrogens (tertiary/aromatic N) is 3. The molecule has 1 aliphatic rings. The first kappa shape index (κ1) is 13.5. The first-order chi connectivity index (χ1) is 10.2. The average Bonchev–Trinajstić information content (AvgIpc) is 2.94. The van der Waals surface area contributed by atoms with Gasteiger partial charge in [-0.05, 0) is 24.6 Å². The van der Waals surface area contributed by atoms with Crippen LogP contribution in [0, 0.1) is 0 Å². The van der Waals surface area contributed by atoms with Gasteiger partial charge in [0.25, 0.3) is 5.91 Å². The Hall–Kier alpha value is -2.47. The molecule has 1 aliphatic heterocycles. The van der Waals surface area contributed by atoms with E-state index >= 15 is 0 Å². The van der Waals surface area contributed by atoms with Crippen LogP contribution in [-0.2, 0) is 0 Å². The van der Waals surface area contributed by atoms with Gasteiger partial charge in [-0.3, -0.25) is 9.78 Å². The van der Waals surface area contributed by atoms with Gasteiger partial charge in [-0.25, -0.2) is 4.98 Å². The third-order valence-corrected chi connectivity index (χ3v) is 3.35. The fourth-order valence-electron chi connectivity index (χ4n) is 2.31. The average molecular weight is 284 g/mol. The molecule has 1 amide bonds. The summed E-state index contributed by atoms with van der Waals surface area (Å²) in [6.07, 6.45) is 5.49. The lowest BCUT2D eigenvalue weighted by Crippen LogP contribution is -2.31. The van der Waals surface area contributed by atoms with Crippen LogP contribution in [0.4, 0.5) is 0 Å². The Kier molecular flexibility index (Phi) is 3.79. The maximum atomic E-state index is 12.4. The molecule has 108 valence electrons. The molecule has 0 unspecified atom stereocenters. The van der Waals surface area contributed by atoms with Crippen molar-refractivity contribution in [3.05, 3.63) is 48.4 Å². The van der Waals surface area contributed by atoms with Crippen LogP contribution in [0.1, 0.15) is 16.8 Å². The summed E-state index contributed by atoms with van der Waals surface area (Å²) in [6.45, 7) is 1.31. The number of aromatic nitrogens is 2. The summed E-state index contributed by atoms with van der Waals surface area (Å²) in [5.74, 6) is 0.933. The molecule has 1 fully saturated rings. The van der Waals surface area contributed by atoms with Gasteiger partial charge in [-0.1, -0.05) is 6.07 Å². The molecule has 0 aliphatic carbocycles. The van der Waals surface area contributed by atoms with Gasteiger partial charge in [-0.2, -0.15) is 0 Å². The molecule has 1 atom stereocenters. The largest absolute Gasteiger partial charge is 0.437 e. The number of nitrogens with two attached hydrogens (primary N) is 1. The van der Waals surface area contributed by atoms with E-state index in [0.717, 1.165) is 6.42 Å². The minimum Gasteiger partial charge on any atom is -0.437 e.